The number of halogens is 1. The molecule has 7 heteroatoms. The number of carbonyl (C=O) groups is 2. The number of hydrogen-bond acceptors (Lipinski definition) is 4. The zero-order valence-electron chi connectivity index (χ0n) is 17.5. The van der Waals surface area contributed by atoms with Crippen LogP contribution >= 0.6 is 11.3 Å². The Labute approximate surface area is 180 Å². The lowest BCUT2D eigenvalue weighted by Crippen LogP contribution is -2.47. The first kappa shape index (κ1) is 22.0. The van der Waals surface area contributed by atoms with Gasteiger partial charge in [0.25, 0.3) is 0 Å². The Balaban J connectivity index is 1.50. The van der Waals surface area contributed by atoms with Gasteiger partial charge in [-0.05, 0) is 57.9 Å². The average Bonchev–Trinajstić information content (AvgIpc) is 3.14. The van der Waals surface area contributed by atoms with Gasteiger partial charge in [-0.2, -0.15) is 0 Å². The molecule has 2 aromatic rings. The number of piperidine rings is 1. The number of benzene rings is 1. The minimum Gasteiger partial charge on any atom is -0.444 e. The van der Waals surface area contributed by atoms with Crippen LogP contribution in [0.2, 0.25) is 0 Å². The van der Waals surface area contributed by atoms with E-state index in [-0.39, 0.29) is 17.8 Å². The smallest absolute Gasteiger partial charge is 0.407 e. The van der Waals surface area contributed by atoms with Crippen molar-refractivity contribution in [1.29, 1.82) is 0 Å². The van der Waals surface area contributed by atoms with Gasteiger partial charge in [0.05, 0.1) is 0 Å². The van der Waals surface area contributed by atoms with Crippen LogP contribution in [0.15, 0.2) is 42.5 Å². The molecular formula is C23H27FN2O3S. The van der Waals surface area contributed by atoms with E-state index >= 15 is 0 Å². The van der Waals surface area contributed by atoms with E-state index in [1.165, 1.54) is 17.4 Å². The minimum absolute atomic E-state index is 0.00787. The number of nitrogens with zero attached hydrogens (tertiary/aromatic N) is 1. The van der Waals surface area contributed by atoms with E-state index in [9.17, 15) is 14.0 Å². The van der Waals surface area contributed by atoms with Crippen molar-refractivity contribution in [2.24, 2.45) is 0 Å². The number of rotatable bonds is 4. The highest BCUT2D eigenvalue weighted by molar-refractivity contribution is 7.16. The minimum atomic E-state index is -0.528. The maximum absolute atomic E-state index is 13.9. The normalized spacial score (nSPS) is 15.4. The maximum Gasteiger partial charge on any atom is 0.407 e. The Morgan fingerprint density at radius 1 is 1.17 bits per heavy atom. The molecule has 0 atom stereocenters. The molecule has 2 amide bonds. The molecule has 30 heavy (non-hydrogen) atoms. The molecule has 1 aliphatic heterocycles. The molecule has 0 saturated carbocycles. The van der Waals surface area contributed by atoms with Gasteiger partial charge in [-0.15, -0.1) is 11.3 Å². The van der Waals surface area contributed by atoms with Crippen molar-refractivity contribution >= 4 is 29.4 Å². The quantitative estimate of drug-likeness (QED) is 0.688. The largest absolute Gasteiger partial charge is 0.444 e. The summed E-state index contributed by atoms with van der Waals surface area (Å²) in [6, 6.07) is 10.4. The molecule has 0 spiro atoms. The molecular weight excluding hydrogens is 403 g/mol. The number of thiophene rings is 1. The fourth-order valence-corrected chi connectivity index (χ4v) is 4.16. The molecule has 3 rings (SSSR count). The van der Waals surface area contributed by atoms with E-state index in [0.29, 0.717) is 31.5 Å². The van der Waals surface area contributed by atoms with Crippen molar-refractivity contribution in [2.75, 3.05) is 13.1 Å². The number of nitrogens with one attached hydrogen (secondary N) is 1. The molecule has 0 aliphatic carbocycles. The molecule has 1 fully saturated rings. The third-order valence-corrected chi connectivity index (χ3v) is 5.77. The van der Waals surface area contributed by atoms with Crippen LogP contribution in [-0.2, 0) is 9.53 Å². The summed E-state index contributed by atoms with van der Waals surface area (Å²) in [5, 5.41) is 2.87. The molecule has 2 heterocycles. The first-order valence-corrected chi connectivity index (χ1v) is 10.8. The second-order valence-electron chi connectivity index (χ2n) is 8.26. The van der Waals surface area contributed by atoms with Crippen molar-refractivity contribution in [3.8, 4) is 10.4 Å². The summed E-state index contributed by atoms with van der Waals surface area (Å²) in [5.41, 5.74) is 0.0347. The second-order valence-corrected chi connectivity index (χ2v) is 9.38. The van der Waals surface area contributed by atoms with E-state index < -0.39 is 11.7 Å². The highest BCUT2D eigenvalue weighted by Crippen LogP contribution is 2.30. The number of amides is 2. The number of likely N-dealkylation sites (tertiary alicyclic amines) is 1. The predicted molar refractivity (Wildman–Crippen MR) is 118 cm³/mol. The molecule has 0 unspecified atom stereocenters. The van der Waals surface area contributed by atoms with E-state index in [2.05, 4.69) is 5.32 Å². The van der Waals surface area contributed by atoms with Gasteiger partial charge in [-0.25, -0.2) is 9.18 Å². The predicted octanol–water partition coefficient (Wildman–Crippen LogP) is 5.08. The lowest BCUT2D eigenvalue weighted by molar-refractivity contribution is -0.127. The standard InChI is InChI=1S/C23H27FN2O3S/c1-23(2,3)29-22(28)25-16-12-14-26(15-13-16)21(27)11-9-17-8-10-20(30-17)18-6-4-5-7-19(18)24/h4-11,16H,12-15H2,1-3H3,(H,25,28)/b11-9+. The van der Waals surface area contributed by atoms with Gasteiger partial charge in [0.15, 0.2) is 0 Å². The van der Waals surface area contributed by atoms with Crippen molar-refractivity contribution in [3.05, 3.63) is 53.2 Å². The van der Waals surface area contributed by atoms with Gasteiger partial charge in [0.1, 0.15) is 11.4 Å². The topological polar surface area (TPSA) is 58.6 Å². The molecule has 1 N–H and O–H groups in total. The molecule has 1 aromatic carbocycles. The SMILES string of the molecule is CC(C)(C)OC(=O)NC1CCN(C(=O)/C=C/c2ccc(-c3ccccc3F)s2)CC1. The molecule has 5 nitrogen and oxygen atoms in total. The second kappa shape index (κ2) is 9.43. The fraction of sp³-hybridized carbons (Fsp3) is 0.391. The third-order valence-electron chi connectivity index (χ3n) is 4.68. The zero-order chi connectivity index (χ0) is 21.7. The summed E-state index contributed by atoms with van der Waals surface area (Å²) in [6.07, 6.45) is 4.28. The summed E-state index contributed by atoms with van der Waals surface area (Å²) in [5.74, 6) is -0.319. The summed E-state index contributed by atoms with van der Waals surface area (Å²) in [4.78, 5) is 27.9. The van der Waals surface area contributed by atoms with Crippen molar-refractivity contribution in [3.63, 3.8) is 0 Å². The number of ether oxygens (including phenoxy) is 1. The zero-order valence-corrected chi connectivity index (χ0v) is 18.3. The summed E-state index contributed by atoms with van der Waals surface area (Å²) < 4.78 is 19.2. The Bertz CT molecular complexity index is 925. The number of alkyl carbamates (subject to hydrolysis) is 1. The first-order chi connectivity index (χ1) is 14.2. The Morgan fingerprint density at radius 3 is 2.53 bits per heavy atom. The van der Waals surface area contributed by atoms with Gasteiger partial charge < -0.3 is 15.0 Å². The van der Waals surface area contributed by atoms with E-state index in [1.807, 2.05) is 32.9 Å². The van der Waals surface area contributed by atoms with Crippen molar-refractivity contribution in [1.82, 2.24) is 10.2 Å². The summed E-state index contributed by atoms with van der Waals surface area (Å²) >= 11 is 1.44. The highest BCUT2D eigenvalue weighted by Gasteiger charge is 2.25. The van der Waals surface area contributed by atoms with Crippen LogP contribution in [0.1, 0.15) is 38.5 Å². The molecule has 1 saturated heterocycles. The Hall–Kier alpha value is -2.67. The van der Waals surface area contributed by atoms with E-state index in [1.54, 1.807) is 35.3 Å². The molecule has 160 valence electrons. The lowest BCUT2D eigenvalue weighted by atomic mass is 10.1. The first-order valence-electron chi connectivity index (χ1n) is 10.0. The molecule has 0 bridgehead atoms. The Kier molecular flexibility index (Phi) is 6.92. The number of carbonyl (C=O) groups excluding carboxylic acids is 2. The monoisotopic (exact) mass is 430 g/mol. The maximum atomic E-state index is 13.9. The van der Waals surface area contributed by atoms with Gasteiger partial charge in [0.2, 0.25) is 5.91 Å². The van der Waals surface area contributed by atoms with Gasteiger partial charge >= 0.3 is 6.09 Å². The third kappa shape index (κ3) is 6.16. The van der Waals surface area contributed by atoms with Crippen LogP contribution in [0.3, 0.4) is 0 Å². The van der Waals surface area contributed by atoms with Crippen LogP contribution in [-0.4, -0.2) is 41.6 Å². The van der Waals surface area contributed by atoms with Crippen molar-refractivity contribution in [2.45, 2.75) is 45.3 Å². The van der Waals surface area contributed by atoms with Crippen LogP contribution < -0.4 is 5.32 Å². The molecule has 1 aliphatic rings. The summed E-state index contributed by atoms with van der Waals surface area (Å²) in [7, 11) is 0. The van der Waals surface area contributed by atoms with Gasteiger partial charge in [-0.3, -0.25) is 4.79 Å². The fourth-order valence-electron chi connectivity index (χ4n) is 3.23. The van der Waals surface area contributed by atoms with Crippen LogP contribution in [0, 0.1) is 5.82 Å². The van der Waals surface area contributed by atoms with Crippen LogP contribution in [0.4, 0.5) is 9.18 Å². The number of hydrogen-bond donors (Lipinski definition) is 1. The van der Waals surface area contributed by atoms with E-state index in [0.717, 1.165) is 9.75 Å². The summed E-state index contributed by atoms with van der Waals surface area (Å²) in [6.45, 7) is 6.64. The lowest BCUT2D eigenvalue weighted by Gasteiger charge is -2.32. The van der Waals surface area contributed by atoms with E-state index in [4.69, 9.17) is 4.74 Å². The Morgan fingerprint density at radius 2 is 1.87 bits per heavy atom. The average molecular weight is 431 g/mol. The van der Waals surface area contributed by atoms with Crippen LogP contribution in [0.25, 0.3) is 16.5 Å². The molecule has 0 radical (unpaired) electrons. The highest BCUT2D eigenvalue weighted by atomic mass is 32.1. The van der Waals surface area contributed by atoms with Gasteiger partial charge in [0, 0.05) is 40.5 Å². The van der Waals surface area contributed by atoms with Gasteiger partial charge in [-0.1, -0.05) is 18.2 Å². The van der Waals surface area contributed by atoms with Crippen LogP contribution in [0.5, 0.6) is 0 Å². The molecule has 1 aromatic heterocycles. The van der Waals surface area contributed by atoms with Crippen molar-refractivity contribution < 1.29 is 18.7 Å².